The van der Waals surface area contributed by atoms with Crippen molar-refractivity contribution in [2.24, 2.45) is 0 Å². The molecule has 34 heavy (non-hydrogen) atoms. The van der Waals surface area contributed by atoms with Gasteiger partial charge in [0, 0.05) is 37.1 Å². The number of nitriles is 1. The highest BCUT2D eigenvalue weighted by molar-refractivity contribution is 8.01. The predicted octanol–water partition coefficient (Wildman–Crippen LogP) is 5.10. The van der Waals surface area contributed by atoms with E-state index >= 15 is 0 Å². The molecule has 1 aliphatic rings. The number of hydrogen-bond acceptors (Lipinski definition) is 7. The first-order valence-corrected chi connectivity index (χ1v) is 13.3. The fourth-order valence-electron chi connectivity index (χ4n) is 3.52. The van der Waals surface area contributed by atoms with Crippen LogP contribution in [0.1, 0.15) is 11.1 Å². The standard InChI is InChI=1S/C24H22Cl2N4O2S2/c25-20-6-3-17(9-21(20)26)12-30-7-8-32-19(13-30)11-28-23(31)15-34-24-29-22(14-33-24)18-4-1-16(10-27)2-5-18/h1-6,9,14,19H,7-8,11-13,15H2,(H,28,31). The number of ether oxygens (including phenoxy) is 1. The van der Waals surface area contributed by atoms with E-state index in [0.717, 1.165) is 40.8 Å². The maximum atomic E-state index is 12.4. The van der Waals surface area contributed by atoms with Crippen molar-refractivity contribution < 1.29 is 9.53 Å². The number of amides is 1. The lowest BCUT2D eigenvalue weighted by atomic mass is 10.1. The summed E-state index contributed by atoms with van der Waals surface area (Å²) in [6.45, 7) is 3.39. The molecule has 1 aromatic heterocycles. The number of carbonyl (C=O) groups is 1. The minimum absolute atomic E-state index is 0.0506. The van der Waals surface area contributed by atoms with Gasteiger partial charge in [0.25, 0.3) is 0 Å². The number of hydrogen-bond donors (Lipinski definition) is 1. The van der Waals surface area contributed by atoms with Crippen molar-refractivity contribution in [3.8, 4) is 17.3 Å². The second kappa shape index (κ2) is 12.0. The first-order chi connectivity index (χ1) is 16.5. The highest BCUT2D eigenvalue weighted by atomic mass is 35.5. The molecule has 0 bridgehead atoms. The summed E-state index contributed by atoms with van der Waals surface area (Å²) < 4.78 is 6.66. The third-order valence-corrected chi connectivity index (χ3v) is 8.02. The summed E-state index contributed by atoms with van der Waals surface area (Å²) in [5, 5.41) is 15.0. The van der Waals surface area contributed by atoms with Gasteiger partial charge < -0.3 is 10.1 Å². The Hall–Kier alpha value is -2.12. The van der Waals surface area contributed by atoms with Crippen molar-refractivity contribution >= 4 is 52.2 Å². The molecular formula is C24H22Cl2N4O2S2. The van der Waals surface area contributed by atoms with Crippen molar-refractivity contribution in [3.63, 3.8) is 0 Å². The summed E-state index contributed by atoms with van der Waals surface area (Å²) in [6.07, 6.45) is -0.0617. The second-order valence-corrected chi connectivity index (χ2v) is 10.7. The van der Waals surface area contributed by atoms with Gasteiger partial charge in [-0.1, -0.05) is 53.2 Å². The number of halogens is 2. The topological polar surface area (TPSA) is 78.2 Å². The monoisotopic (exact) mass is 532 g/mol. The van der Waals surface area contributed by atoms with E-state index in [2.05, 4.69) is 21.3 Å². The van der Waals surface area contributed by atoms with Gasteiger partial charge in [0.2, 0.25) is 5.91 Å². The Balaban J connectivity index is 1.20. The predicted molar refractivity (Wildman–Crippen MR) is 137 cm³/mol. The van der Waals surface area contributed by atoms with E-state index in [-0.39, 0.29) is 12.0 Å². The Bertz CT molecular complexity index is 1180. The molecule has 1 aliphatic heterocycles. The van der Waals surface area contributed by atoms with E-state index in [1.165, 1.54) is 23.1 Å². The second-order valence-electron chi connectivity index (χ2n) is 7.76. The van der Waals surface area contributed by atoms with E-state index in [1.54, 1.807) is 12.1 Å². The Labute approximate surface area is 216 Å². The van der Waals surface area contributed by atoms with Gasteiger partial charge in [0.15, 0.2) is 4.34 Å². The number of rotatable bonds is 8. The molecule has 1 N–H and O–H groups in total. The quantitative estimate of drug-likeness (QED) is 0.406. The molecule has 176 valence electrons. The van der Waals surface area contributed by atoms with Crippen molar-refractivity contribution in [3.05, 3.63) is 69.0 Å². The number of carbonyl (C=O) groups excluding carboxylic acids is 1. The molecule has 1 atom stereocenters. The lowest BCUT2D eigenvalue weighted by Crippen LogP contribution is -2.47. The van der Waals surface area contributed by atoms with Crippen LogP contribution in [0.5, 0.6) is 0 Å². The lowest BCUT2D eigenvalue weighted by molar-refractivity contribution is -0.119. The van der Waals surface area contributed by atoms with E-state index in [1.807, 2.05) is 35.7 Å². The maximum absolute atomic E-state index is 12.4. The van der Waals surface area contributed by atoms with Crippen molar-refractivity contribution in [2.75, 3.05) is 32.0 Å². The smallest absolute Gasteiger partial charge is 0.230 e. The number of thioether (sulfide) groups is 1. The van der Waals surface area contributed by atoms with E-state index in [4.69, 9.17) is 33.2 Å². The zero-order valence-electron chi connectivity index (χ0n) is 18.2. The molecule has 10 heteroatoms. The van der Waals surface area contributed by atoms with Crippen LogP contribution in [0, 0.1) is 11.3 Å². The first kappa shape index (κ1) is 25.0. The Morgan fingerprint density at radius 1 is 1.26 bits per heavy atom. The minimum atomic E-state index is -0.0617. The van der Waals surface area contributed by atoms with E-state index < -0.39 is 0 Å². The van der Waals surface area contributed by atoms with Gasteiger partial charge in [-0.15, -0.1) is 11.3 Å². The van der Waals surface area contributed by atoms with E-state index in [9.17, 15) is 4.79 Å². The van der Waals surface area contributed by atoms with Crippen LogP contribution in [-0.2, 0) is 16.1 Å². The van der Waals surface area contributed by atoms with Gasteiger partial charge in [-0.25, -0.2) is 4.98 Å². The molecule has 0 spiro atoms. The summed E-state index contributed by atoms with van der Waals surface area (Å²) >= 11 is 15.0. The van der Waals surface area contributed by atoms with Crippen LogP contribution in [0.2, 0.25) is 10.0 Å². The molecule has 6 nitrogen and oxygen atoms in total. The van der Waals surface area contributed by atoms with Crippen LogP contribution in [0.25, 0.3) is 11.3 Å². The summed E-state index contributed by atoms with van der Waals surface area (Å²) in [5.41, 5.74) is 3.51. The largest absolute Gasteiger partial charge is 0.374 e. The minimum Gasteiger partial charge on any atom is -0.374 e. The average molecular weight is 534 g/mol. The number of nitrogens with one attached hydrogen (secondary N) is 1. The maximum Gasteiger partial charge on any atom is 0.230 e. The van der Waals surface area contributed by atoms with Crippen LogP contribution < -0.4 is 5.32 Å². The van der Waals surface area contributed by atoms with Crippen LogP contribution in [0.15, 0.2) is 52.2 Å². The van der Waals surface area contributed by atoms with Crippen molar-refractivity contribution in [1.82, 2.24) is 15.2 Å². The number of benzene rings is 2. The van der Waals surface area contributed by atoms with Gasteiger partial charge in [-0.05, 0) is 29.8 Å². The zero-order valence-corrected chi connectivity index (χ0v) is 21.3. The van der Waals surface area contributed by atoms with Crippen LogP contribution in [0.4, 0.5) is 0 Å². The number of aromatic nitrogens is 1. The highest BCUT2D eigenvalue weighted by Crippen LogP contribution is 2.28. The number of nitrogens with zero attached hydrogens (tertiary/aromatic N) is 3. The van der Waals surface area contributed by atoms with E-state index in [0.29, 0.717) is 34.5 Å². The summed E-state index contributed by atoms with van der Waals surface area (Å²) in [6, 6.07) is 15.1. The lowest BCUT2D eigenvalue weighted by Gasteiger charge is -2.33. The van der Waals surface area contributed by atoms with Gasteiger partial charge in [-0.3, -0.25) is 9.69 Å². The van der Waals surface area contributed by atoms with Gasteiger partial charge >= 0.3 is 0 Å². The van der Waals surface area contributed by atoms with Crippen LogP contribution in [-0.4, -0.2) is 53.9 Å². The number of morpholine rings is 1. The van der Waals surface area contributed by atoms with Crippen molar-refractivity contribution in [2.45, 2.75) is 17.0 Å². The Morgan fingerprint density at radius 2 is 2.09 bits per heavy atom. The summed E-state index contributed by atoms with van der Waals surface area (Å²) in [5.74, 6) is 0.241. The Kier molecular flexibility index (Phi) is 8.84. The molecule has 3 aromatic rings. The number of thiazole rings is 1. The van der Waals surface area contributed by atoms with Crippen LogP contribution in [0.3, 0.4) is 0 Å². The average Bonchev–Trinajstić information content (AvgIpc) is 3.33. The van der Waals surface area contributed by atoms with Crippen LogP contribution >= 0.6 is 46.3 Å². The summed E-state index contributed by atoms with van der Waals surface area (Å²) in [7, 11) is 0. The third-order valence-electron chi connectivity index (χ3n) is 5.26. The van der Waals surface area contributed by atoms with Gasteiger partial charge in [0.05, 0.1) is 45.8 Å². The van der Waals surface area contributed by atoms with Gasteiger partial charge in [0.1, 0.15) is 0 Å². The zero-order chi connectivity index (χ0) is 23.9. The molecule has 1 fully saturated rings. The molecule has 1 unspecified atom stereocenters. The molecule has 2 heterocycles. The highest BCUT2D eigenvalue weighted by Gasteiger charge is 2.21. The molecule has 4 rings (SSSR count). The molecular weight excluding hydrogens is 511 g/mol. The fraction of sp³-hybridized carbons (Fsp3) is 0.292. The normalized spacial score (nSPS) is 16.2. The summed E-state index contributed by atoms with van der Waals surface area (Å²) in [4.78, 5) is 19.2. The SMILES string of the molecule is N#Cc1ccc(-c2csc(SCC(=O)NCC3CN(Cc4ccc(Cl)c(Cl)c4)CCO3)n2)cc1. The molecule has 2 aromatic carbocycles. The van der Waals surface area contributed by atoms with Gasteiger partial charge in [-0.2, -0.15) is 5.26 Å². The van der Waals surface area contributed by atoms with Crippen molar-refractivity contribution in [1.29, 1.82) is 5.26 Å². The fourth-order valence-corrected chi connectivity index (χ4v) is 5.51. The first-order valence-electron chi connectivity index (χ1n) is 10.6. The molecule has 1 amide bonds. The molecule has 0 radical (unpaired) electrons. The third kappa shape index (κ3) is 6.95. The molecule has 0 aliphatic carbocycles. The molecule has 0 saturated carbocycles. The Morgan fingerprint density at radius 3 is 2.85 bits per heavy atom. The molecule has 1 saturated heterocycles.